The van der Waals surface area contributed by atoms with E-state index < -0.39 is 10.0 Å². The summed E-state index contributed by atoms with van der Waals surface area (Å²) in [6, 6.07) is 22.2. The molecule has 0 aliphatic carbocycles. The first-order chi connectivity index (χ1) is 16.3. The predicted octanol–water partition coefficient (Wildman–Crippen LogP) is 4.40. The van der Waals surface area contributed by atoms with Gasteiger partial charge >= 0.3 is 0 Å². The van der Waals surface area contributed by atoms with Crippen LogP contribution < -0.4 is 4.72 Å². The van der Waals surface area contributed by atoms with E-state index in [1.807, 2.05) is 68.7 Å². The minimum Gasteiger partial charge on any atom is -0.494 e. The van der Waals surface area contributed by atoms with Crippen molar-refractivity contribution < 1.29 is 13.5 Å². The normalized spacial score (nSPS) is 12.5. The zero-order valence-electron chi connectivity index (χ0n) is 19.4. The van der Waals surface area contributed by atoms with Crippen LogP contribution in [0.1, 0.15) is 23.6 Å². The fourth-order valence-electron chi connectivity index (χ4n) is 3.87. The van der Waals surface area contributed by atoms with E-state index in [1.54, 1.807) is 19.1 Å². The molecule has 4 aromatic rings. The van der Waals surface area contributed by atoms with Crippen LogP contribution in [-0.4, -0.2) is 49.8 Å². The Hall–Kier alpha value is -3.46. The Morgan fingerprint density at radius 1 is 1.03 bits per heavy atom. The number of aromatic hydroxyl groups is 1. The fourth-order valence-corrected chi connectivity index (χ4v) is 4.93. The summed E-state index contributed by atoms with van der Waals surface area (Å²) in [4.78, 5) is 10.1. The molecule has 176 valence electrons. The molecule has 0 fully saturated rings. The first kappa shape index (κ1) is 23.7. The minimum absolute atomic E-state index is 0.0696. The molecule has 0 aliphatic rings. The topological polar surface area (TPSA) is 97.8 Å². The highest BCUT2D eigenvalue weighted by Crippen LogP contribution is 2.33. The number of aliphatic imine (C=N–C) groups is 1. The Bertz CT molecular complexity index is 1420. The van der Waals surface area contributed by atoms with Gasteiger partial charge in [0.05, 0.1) is 21.9 Å². The van der Waals surface area contributed by atoms with Gasteiger partial charge in [0.25, 0.3) is 0 Å². The molecule has 0 saturated carbocycles. The second kappa shape index (κ2) is 9.80. The number of rotatable bonds is 8. The van der Waals surface area contributed by atoms with Gasteiger partial charge in [-0.1, -0.05) is 49.4 Å². The molecule has 1 aromatic heterocycles. The zero-order chi connectivity index (χ0) is 24.3. The Labute approximate surface area is 199 Å². The summed E-state index contributed by atoms with van der Waals surface area (Å²) in [7, 11) is 0.373. The molecule has 0 spiro atoms. The standard InChI is InChI=1S/C26H28N4O3S/c1-4-27-34(32,33)21-14-15-23-22(16-21)24(26(31)29-23)25(19-8-6-5-7-9-19)28-20-12-10-18(11-13-20)17-30(2)3/h5-16,27,29,31H,4,17H2,1-3H3. The smallest absolute Gasteiger partial charge is 0.240 e. The van der Waals surface area contributed by atoms with E-state index in [-0.39, 0.29) is 17.3 Å². The third-order valence-electron chi connectivity index (χ3n) is 5.35. The molecule has 0 aliphatic heterocycles. The van der Waals surface area contributed by atoms with Crippen molar-refractivity contribution in [1.82, 2.24) is 14.6 Å². The lowest BCUT2D eigenvalue weighted by molar-refractivity contribution is 0.402. The molecule has 0 atom stereocenters. The zero-order valence-corrected chi connectivity index (χ0v) is 20.2. The SMILES string of the molecule is CCNS(=O)(=O)c1ccc2[nH]c(O)c(C(=Nc3ccc(CN(C)C)cc3)c3ccccc3)c2c1. The van der Waals surface area contributed by atoms with Crippen LogP contribution in [-0.2, 0) is 16.6 Å². The monoisotopic (exact) mass is 476 g/mol. The molecule has 3 N–H and O–H groups in total. The first-order valence-corrected chi connectivity index (χ1v) is 12.5. The van der Waals surface area contributed by atoms with Crippen LogP contribution in [0.25, 0.3) is 10.9 Å². The van der Waals surface area contributed by atoms with E-state index in [9.17, 15) is 13.5 Å². The largest absolute Gasteiger partial charge is 0.494 e. The lowest BCUT2D eigenvalue weighted by atomic mass is 10.0. The highest BCUT2D eigenvalue weighted by molar-refractivity contribution is 7.89. The molecule has 34 heavy (non-hydrogen) atoms. The van der Waals surface area contributed by atoms with E-state index in [0.29, 0.717) is 22.2 Å². The number of H-pyrrole nitrogens is 1. The molecular weight excluding hydrogens is 448 g/mol. The molecule has 1 heterocycles. The molecule has 7 nitrogen and oxygen atoms in total. The van der Waals surface area contributed by atoms with Crippen LogP contribution in [0.4, 0.5) is 5.69 Å². The Balaban J connectivity index is 1.89. The molecule has 0 saturated heterocycles. The first-order valence-electron chi connectivity index (χ1n) is 11.0. The second-order valence-corrected chi connectivity index (χ2v) is 10.1. The Kier molecular flexibility index (Phi) is 6.83. The summed E-state index contributed by atoms with van der Waals surface area (Å²) in [5.41, 5.74) is 4.31. The van der Waals surface area contributed by atoms with Crippen molar-refractivity contribution in [2.75, 3.05) is 20.6 Å². The second-order valence-electron chi connectivity index (χ2n) is 8.29. The molecule has 0 unspecified atom stereocenters. The molecular formula is C26H28N4O3S. The number of sulfonamides is 1. The lowest BCUT2D eigenvalue weighted by Gasteiger charge is -2.11. The van der Waals surface area contributed by atoms with Gasteiger partial charge in [0.15, 0.2) is 5.88 Å². The van der Waals surface area contributed by atoms with Crippen LogP contribution in [0.5, 0.6) is 5.88 Å². The summed E-state index contributed by atoms with van der Waals surface area (Å²) in [6.45, 7) is 2.83. The van der Waals surface area contributed by atoms with Crippen molar-refractivity contribution >= 4 is 32.3 Å². The average molecular weight is 477 g/mol. The highest BCUT2D eigenvalue weighted by Gasteiger charge is 2.21. The van der Waals surface area contributed by atoms with E-state index >= 15 is 0 Å². The third-order valence-corrected chi connectivity index (χ3v) is 6.90. The molecule has 0 radical (unpaired) electrons. The van der Waals surface area contributed by atoms with Crippen molar-refractivity contribution in [3.8, 4) is 5.88 Å². The van der Waals surface area contributed by atoms with E-state index in [1.165, 1.54) is 11.6 Å². The molecule has 8 heteroatoms. The van der Waals surface area contributed by atoms with Crippen LogP contribution in [0.2, 0.25) is 0 Å². The van der Waals surface area contributed by atoms with Gasteiger partial charge in [-0.25, -0.2) is 18.1 Å². The van der Waals surface area contributed by atoms with Gasteiger partial charge in [0.1, 0.15) is 0 Å². The van der Waals surface area contributed by atoms with Gasteiger partial charge < -0.3 is 15.0 Å². The number of hydrogen-bond donors (Lipinski definition) is 3. The van der Waals surface area contributed by atoms with Gasteiger partial charge in [-0.05, 0) is 50.0 Å². The average Bonchev–Trinajstić information content (AvgIpc) is 3.13. The number of nitrogens with one attached hydrogen (secondary N) is 2. The number of fused-ring (bicyclic) bond motifs is 1. The predicted molar refractivity (Wildman–Crippen MR) is 136 cm³/mol. The third kappa shape index (κ3) is 5.04. The van der Waals surface area contributed by atoms with Crippen molar-refractivity contribution in [2.24, 2.45) is 4.99 Å². The summed E-state index contributed by atoms with van der Waals surface area (Å²) in [5, 5.41) is 11.4. The number of aromatic nitrogens is 1. The van der Waals surface area contributed by atoms with Gasteiger partial charge in [-0.2, -0.15) is 0 Å². The number of nitrogens with zero attached hydrogens (tertiary/aromatic N) is 2. The summed E-state index contributed by atoms with van der Waals surface area (Å²) >= 11 is 0. The van der Waals surface area contributed by atoms with Crippen molar-refractivity contribution in [2.45, 2.75) is 18.4 Å². The maximum absolute atomic E-state index is 12.6. The Morgan fingerprint density at radius 2 is 1.74 bits per heavy atom. The summed E-state index contributed by atoms with van der Waals surface area (Å²) in [5.74, 6) is -0.0696. The van der Waals surface area contributed by atoms with Crippen LogP contribution >= 0.6 is 0 Å². The minimum atomic E-state index is -3.66. The van der Waals surface area contributed by atoms with Gasteiger partial charge in [0.2, 0.25) is 10.0 Å². The molecule has 4 rings (SSSR count). The number of benzene rings is 3. The van der Waals surface area contributed by atoms with Gasteiger partial charge in [0, 0.05) is 29.6 Å². The molecule has 3 aromatic carbocycles. The Morgan fingerprint density at radius 3 is 2.38 bits per heavy atom. The van der Waals surface area contributed by atoms with Crippen LogP contribution in [0, 0.1) is 0 Å². The van der Waals surface area contributed by atoms with Crippen molar-refractivity contribution in [1.29, 1.82) is 0 Å². The van der Waals surface area contributed by atoms with Crippen LogP contribution in [0.3, 0.4) is 0 Å². The maximum Gasteiger partial charge on any atom is 0.240 e. The summed E-state index contributed by atoms with van der Waals surface area (Å²) < 4.78 is 27.7. The van der Waals surface area contributed by atoms with Crippen LogP contribution in [0.15, 0.2) is 82.7 Å². The number of aromatic amines is 1. The number of hydrogen-bond acceptors (Lipinski definition) is 5. The maximum atomic E-state index is 12.6. The van der Waals surface area contributed by atoms with Gasteiger partial charge in [-0.15, -0.1) is 0 Å². The quantitative estimate of drug-likeness (QED) is 0.328. The fraction of sp³-hybridized carbons (Fsp3) is 0.192. The van der Waals surface area contributed by atoms with Crippen molar-refractivity contribution in [3.63, 3.8) is 0 Å². The highest BCUT2D eigenvalue weighted by atomic mass is 32.2. The lowest BCUT2D eigenvalue weighted by Crippen LogP contribution is -2.23. The van der Waals surface area contributed by atoms with E-state index in [4.69, 9.17) is 4.99 Å². The molecule has 0 bridgehead atoms. The van der Waals surface area contributed by atoms with Crippen molar-refractivity contribution in [3.05, 3.63) is 89.5 Å². The van der Waals surface area contributed by atoms with E-state index in [0.717, 1.165) is 17.8 Å². The molecule has 0 amide bonds. The summed E-state index contributed by atoms with van der Waals surface area (Å²) in [6.07, 6.45) is 0. The van der Waals surface area contributed by atoms with E-state index in [2.05, 4.69) is 14.6 Å². The van der Waals surface area contributed by atoms with Gasteiger partial charge in [-0.3, -0.25) is 0 Å².